The summed E-state index contributed by atoms with van der Waals surface area (Å²) in [6.07, 6.45) is 3.20. The first-order valence-corrected chi connectivity index (χ1v) is 9.73. The Morgan fingerprint density at radius 1 is 1.00 bits per heavy atom. The van der Waals surface area contributed by atoms with Crippen molar-refractivity contribution < 1.29 is 24.0 Å². The molecular weight excluding hydrogens is 374 g/mol. The first-order chi connectivity index (χ1) is 13.6. The number of hydrogen-bond donors (Lipinski definition) is 1. The predicted octanol–water partition coefficient (Wildman–Crippen LogP) is 2.59. The van der Waals surface area contributed by atoms with Gasteiger partial charge in [0, 0.05) is 22.7 Å². The van der Waals surface area contributed by atoms with E-state index in [2.05, 4.69) is 5.32 Å². The summed E-state index contributed by atoms with van der Waals surface area (Å²) in [6.45, 7) is 4.89. The fourth-order valence-corrected chi connectivity index (χ4v) is 3.44. The maximum Gasteiger partial charge on any atom is 0.334 e. The highest BCUT2D eigenvalue weighted by Gasteiger charge is 2.48. The van der Waals surface area contributed by atoms with Crippen LogP contribution in [0.25, 0.3) is 0 Å². The molecule has 2 fully saturated rings. The normalized spacial score (nSPS) is 18.0. The molecule has 29 heavy (non-hydrogen) atoms. The largest absolute Gasteiger partial charge is 0.334 e. The Balaban J connectivity index is 1.67. The molecule has 1 heterocycles. The summed E-state index contributed by atoms with van der Waals surface area (Å²) >= 11 is 0. The Hall–Kier alpha value is -3.03. The van der Waals surface area contributed by atoms with Crippen molar-refractivity contribution >= 4 is 35.2 Å². The number of benzene rings is 1. The number of ketones is 1. The van der Waals surface area contributed by atoms with E-state index in [0.29, 0.717) is 18.5 Å². The molecule has 1 aliphatic carbocycles. The van der Waals surface area contributed by atoms with Gasteiger partial charge in [-0.2, -0.15) is 0 Å². The van der Waals surface area contributed by atoms with Crippen LogP contribution in [0.1, 0.15) is 56.8 Å². The molecule has 1 aromatic carbocycles. The summed E-state index contributed by atoms with van der Waals surface area (Å²) < 4.78 is 0. The fourth-order valence-electron chi connectivity index (χ4n) is 3.44. The van der Waals surface area contributed by atoms with E-state index in [1.165, 1.54) is 12.1 Å². The van der Waals surface area contributed by atoms with Crippen molar-refractivity contribution in [2.45, 2.75) is 52.5 Å². The standard InChI is InChI=1S/C21H25N3O5/c1-21(2,3)19(28)22-14-10-8-13(9-11-14)16(25)12-23-17(26)18(27)24(20(23)29)15-6-4-5-7-15/h8-11,15H,4-7,12H2,1-3H3,(H,22,28). The number of imide groups is 2. The lowest BCUT2D eigenvalue weighted by Gasteiger charge is -2.20. The zero-order chi connectivity index (χ0) is 21.3. The van der Waals surface area contributed by atoms with Gasteiger partial charge in [0.1, 0.15) is 0 Å². The maximum absolute atomic E-state index is 12.6. The molecule has 0 bridgehead atoms. The Bertz CT molecular complexity index is 863. The van der Waals surface area contributed by atoms with Crippen LogP contribution < -0.4 is 5.32 Å². The average Bonchev–Trinajstić information content (AvgIpc) is 3.25. The van der Waals surface area contributed by atoms with Crippen molar-refractivity contribution in [3.63, 3.8) is 0 Å². The van der Waals surface area contributed by atoms with E-state index in [9.17, 15) is 24.0 Å². The number of Topliss-reactive ketones (excluding diaryl/α,β-unsaturated/α-hetero) is 1. The molecule has 2 aliphatic rings. The number of nitrogens with zero attached hydrogens (tertiary/aromatic N) is 2. The zero-order valence-electron chi connectivity index (χ0n) is 16.9. The molecule has 3 rings (SSSR count). The van der Waals surface area contributed by atoms with E-state index >= 15 is 0 Å². The molecule has 1 aliphatic heterocycles. The summed E-state index contributed by atoms with van der Waals surface area (Å²) in [4.78, 5) is 63.3. The first-order valence-electron chi connectivity index (χ1n) is 9.73. The van der Waals surface area contributed by atoms with Gasteiger partial charge >= 0.3 is 17.8 Å². The van der Waals surface area contributed by atoms with Gasteiger partial charge in [-0.25, -0.2) is 9.69 Å². The second kappa shape index (κ2) is 7.77. The Morgan fingerprint density at radius 3 is 2.14 bits per heavy atom. The minimum Gasteiger partial charge on any atom is -0.326 e. The highest BCUT2D eigenvalue weighted by molar-refractivity contribution is 6.45. The third-order valence-corrected chi connectivity index (χ3v) is 5.22. The molecule has 0 unspecified atom stereocenters. The molecule has 1 aromatic rings. The van der Waals surface area contributed by atoms with Crippen molar-refractivity contribution in [1.29, 1.82) is 0 Å². The smallest absolute Gasteiger partial charge is 0.326 e. The summed E-state index contributed by atoms with van der Waals surface area (Å²) in [5.74, 6) is -2.42. The van der Waals surface area contributed by atoms with E-state index in [4.69, 9.17) is 0 Å². The van der Waals surface area contributed by atoms with Crippen molar-refractivity contribution in [3.05, 3.63) is 29.8 Å². The van der Waals surface area contributed by atoms with E-state index in [-0.39, 0.29) is 17.5 Å². The highest BCUT2D eigenvalue weighted by Crippen LogP contribution is 2.28. The number of urea groups is 1. The molecule has 154 valence electrons. The molecule has 5 amide bonds. The van der Waals surface area contributed by atoms with Gasteiger partial charge in [-0.15, -0.1) is 0 Å². The minimum absolute atomic E-state index is 0.157. The number of hydrogen-bond acceptors (Lipinski definition) is 5. The number of carbonyl (C=O) groups is 5. The molecule has 1 saturated carbocycles. The summed E-state index contributed by atoms with van der Waals surface area (Å²) in [5, 5.41) is 2.76. The second-order valence-electron chi connectivity index (χ2n) is 8.49. The molecule has 8 heteroatoms. The van der Waals surface area contributed by atoms with Crippen LogP contribution in [0.4, 0.5) is 10.5 Å². The highest BCUT2D eigenvalue weighted by atomic mass is 16.2. The molecule has 0 spiro atoms. The van der Waals surface area contributed by atoms with E-state index < -0.39 is 35.6 Å². The topological polar surface area (TPSA) is 104 Å². The van der Waals surface area contributed by atoms with Crippen LogP contribution in [0.2, 0.25) is 0 Å². The molecule has 1 N–H and O–H groups in total. The molecule has 0 radical (unpaired) electrons. The second-order valence-corrected chi connectivity index (χ2v) is 8.49. The van der Waals surface area contributed by atoms with Crippen LogP contribution in [-0.2, 0) is 14.4 Å². The van der Waals surface area contributed by atoms with Crippen molar-refractivity contribution in [2.24, 2.45) is 5.41 Å². The van der Waals surface area contributed by atoms with Gasteiger partial charge in [-0.3, -0.25) is 24.1 Å². The molecule has 0 atom stereocenters. The number of amides is 5. The Labute approximate surface area is 169 Å². The number of rotatable bonds is 5. The lowest BCUT2D eigenvalue weighted by atomic mass is 9.95. The van der Waals surface area contributed by atoms with Gasteiger partial charge in [-0.05, 0) is 37.1 Å². The fraction of sp³-hybridized carbons (Fsp3) is 0.476. The van der Waals surface area contributed by atoms with Gasteiger partial charge in [-0.1, -0.05) is 33.6 Å². The van der Waals surface area contributed by atoms with Crippen LogP contribution in [0, 0.1) is 5.41 Å². The minimum atomic E-state index is -0.954. The van der Waals surface area contributed by atoms with E-state index in [1.54, 1.807) is 32.9 Å². The zero-order valence-corrected chi connectivity index (χ0v) is 16.9. The van der Waals surface area contributed by atoms with Crippen LogP contribution in [0.15, 0.2) is 24.3 Å². The van der Waals surface area contributed by atoms with Gasteiger partial charge in [0.15, 0.2) is 5.78 Å². The number of anilines is 1. The summed E-state index contributed by atoms with van der Waals surface area (Å²) in [5.41, 5.74) is 0.270. The number of nitrogens with one attached hydrogen (secondary N) is 1. The lowest BCUT2D eigenvalue weighted by molar-refractivity contribution is -0.143. The first kappa shape index (κ1) is 20.7. The lowest BCUT2D eigenvalue weighted by Crippen LogP contribution is -2.41. The van der Waals surface area contributed by atoms with Gasteiger partial charge < -0.3 is 5.32 Å². The average molecular weight is 399 g/mol. The monoisotopic (exact) mass is 399 g/mol. The third-order valence-electron chi connectivity index (χ3n) is 5.22. The van der Waals surface area contributed by atoms with Gasteiger partial charge in [0.25, 0.3) is 0 Å². The number of carbonyl (C=O) groups excluding carboxylic acids is 5. The Morgan fingerprint density at radius 2 is 1.59 bits per heavy atom. The molecule has 0 aromatic heterocycles. The van der Waals surface area contributed by atoms with Crippen molar-refractivity contribution in [1.82, 2.24) is 9.80 Å². The van der Waals surface area contributed by atoms with E-state index in [0.717, 1.165) is 22.6 Å². The van der Waals surface area contributed by atoms with Crippen LogP contribution in [-0.4, -0.2) is 51.9 Å². The SMILES string of the molecule is CC(C)(C)C(=O)Nc1ccc(C(=O)CN2C(=O)C(=O)N(C3CCCC3)C2=O)cc1. The van der Waals surface area contributed by atoms with Gasteiger partial charge in [0.2, 0.25) is 5.91 Å². The van der Waals surface area contributed by atoms with Crippen LogP contribution in [0.3, 0.4) is 0 Å². The van der Waals surface area contributed by atoms with Gasteiger partial charge in [0.05, 0.1) is 6.54 Å². The molecular formula is C21H25N3O5. The predicted molar refractivity (Wildman–Crippen MR) is 105 cm³/mol. The molecule has 1 saturated heterocycles. The summed E-state index contributed by atoms with van der Waals surface area (Å²) in [6, 6.07) is 5.23. The quantitative estimate of drug-likeness (QED) is 0.466. The Kier molecular flexibility index (Phi) is 5.55. The van der Waals surface area contributed by atoms with Crippen molar-refractivity contribution in [3.8, 4) is 0 Å². The molecule has 8 nitrogen and oxygen atoms in total. The van der Waals surface area contributed by atoms with Crippen LogP contribution >= 0.6 is 0 Å². The summed E-state index contributed by atoms with van der Waals surface area (Å²) in [7, 11) is 0. The van der Waals surface area contributed by atoms with Crippen molar-refractivity contribution in [2.75, 3.05) is 11.9 Å². The van der Waals surface area contributed by atoms with E-state index in [1.807, 2.05) is 0 Å². The maximum atomic E-state index is 12.6. The third kappa shape index (κ3) is 4.21. The van der Waals surface area contributed by atoms with Crippen LogP contribution in [0.5, 0.6) is 0 Å².